The summed E-state index contributed by atoms with van der Waals surface area (Å²) in [6.07, 6.45) is 10.6. The SMILES string of the molecule is CN=C1CC2C=CC1(Cc1cnc(N)nc1N)CC2. The van der Waals surface area contributed by atoms with Crippen LogP contribution in [0.3, 0.4) is 0 Å². The monoisotopic (exact) mass is 257 g/mol. The summed E-state index contributed by atoms with van der Waals surface area (Å²) >= 11 is 0. The maximum Gasteiger partial charge on any atom is 0.221 e. The molecule has 0 amide bonds. The number of nitrogens with zero attached hydrogens (tertiary/aromatic N) is 3. The fourth-order valence-corrected chi connectivity index (χ4v) is 3.28. The number of hydrogen-bond donors (Lipinski definition) is 2. The minimum absolute atomic E-state index is 0.0110. The summed E-state index contributed by atoms with van der Waals surface area (Å²) in [5.74, 6) is 1.38. The van der Waals surface area contributed by atoms with Gasteiger partial charge in [-0.2, -0.15) is 4.98 Å². The quantitative estimate of drug-likeness (QED) is 0.787. The first-order valence-corrected chi connectivity index (χ1v) is 6.65. The third-order valence-corrected chi connectivity index (χ3v) is 4.37. The van der Waals surface area contributed by atoms with E-state index < -0.39 is 0 Å². The summed E-state index contributed by atoms with van der Waals surface area (Å²) < 4.78 is 0. The van der Waals surface area contributed by atoms with E-state index in [0.29, 0.717) is 11.7 Å². The number of aromatic nitrogens is 2. The van der Waals surface area contributed by atoms with Gasteiger partial charge in [0.1, 0.15) is 5.82 Å². The van der Waals surface area contributed by atoms with Crippen LogP contribution in [-0.2, 0) is 6.42 Å². The van der Waals surface area contributed by atoms with Crippen molar-refractivity contribution in [1.82, 2.24) is 9.97 Å². The maximum absolute atomic E-state index is 5.96. The molecule has 4 N–H and O–H groups in total. The molecule has 3 aliphatic carbocycles. The summed E-state index contributed by atoms with van der Waals surface area (Å²) in [4.78, 5) is 12.6. The normalized spacial score (nSPS) is 31.0. The highest BCUT2D eigenvalue weighted by molar-refractivity contribution is 5.94. The summed E-state index contributed by atoms with van der Waals surface area (Å²) in [6.45, 7) is 0. The van der Waals surface area contributed by atoms with Crippen LogP contribution in [-0.4, -0.2) is 22.7 Å². The lowest BCUT2D eigenvalue weighted by molar-refractivity contribution is 0.348. The third-order valence-electron chi connectivity index (χ3n) is 4.37. The van der Waals surface area contributed by atoms with Crippen LogP contribution in [0, 0.1) is 11.3 Å². The molecule has 0 spiro atoms. The lowest BCUT2D eigenvalue weighted by Crippen LogP contribution is -2.41. The van der Waals surface area contributed by atoms with Gasteiger partial charge in [0.15, 0.2) is 0 Å². The second kappa shape index (κ2) is 4.33. The van der Waals surface area contributed by atoms with E-state index in [1.54, 1.807) is 6.20 Å². The van der Waals surface area contributed by atoms with Gasteiger partial charge in [-0.3, -0.25) is 4.99 Å². The van der Waals surface area contributed by atoms with Gasteiger partial charge in [0.05, 0.1) is 0 Å². The van der Waals surface area contributed by atoms with Gasteiger partial charge in [0, 0.05) is 29.9 Å². The van der Waals surface area contributed by atoms with Crippen LogP contribution in [0.4, 0.5) is 11.8 Å². The molecule has 4 rings (SSSR count). The standard InChI is InChI=1S/C14H19N5/c1-17-11-6-9-2-4-14(11,5-3-9)7-10-8-18-13(16)19-12(10)15/h2,4,8-9H,3,5-7H2,1H3,(H4,15,16,18,19). The number of nitrogen functional groups attached to an aromatic ring is 2. The highest BCUT2D eigenvalue weighted by Crippen LogP contribution is 2.46. The zero-order valence-electron chi connectivity index (χ0n) is 11.1. The molecule has 1 aromatic heterocycles. The van der Waals surface area contributed by atoms with E-state index >= 15 is 0 Å². The maximum atomic E-state index is 5.96. The minimum Gasteiger partial charge on any atom is -0.383 e. The van der Waals surface area contributed by atoms with Gasteiger partial charge >= 0.3 is 0 Å². The molecular weight excluding hydrogens is 238 g/mol. The number of aliphatic imine (C=N–C) groups is 1. The first kappa shape index (κ1) is 12.1. The topological polar surface area (TPSA) is 90.2 Å². The average Bonchev–Trinajstić information content (AvgIpc) is 2.43. The molecule has 1 aromatic rings. The molecular formula is C14H19N5. The molecule has 5 nitrogen and oxygen atoms in total. The van der Waals surface area contributed by atoms with Crippen LogP contribution in [0.1, 0.15) is 24.8 Å². The Hall–Kier alpha value is -1.91. The summed E-state index contributed by atoms with van der Waals surface area (Å²) in [7, 11) is 1.88. The number of hydrogen-bond acceptors (Lipinski definition) is 5. The van der Waals surface area contributed by atoms with Gasteiger partial charge in [-0.1, -0.05) is 12.2 Å². The smallest absolute Gasteiger partial charge is 0.221 e. The molecule has 1 heterocycles. The molecule has 19 heavy (non-hydrogen) atoms. The van der Waals surface area contributed by atoms with E-state index in [0.717, 1.165) is 24.8 Å². The van der Waals surface area contributed by atoms with E-state index in [9.17, 15) is 0 Å². The second-order valence-electron chi connectivity index (χ2n) is 5.50. The van der Waals surface area contributed by atoms with Crippen molar-refractivity contribution in [3.8, 4) is 0 Å². The Bertz CT molecular complexity index is 563. The van der Waals surface area contributed by atoms with Crippen molar-refractivity contribution in [3.05, 3.63) is 23.9 Å². The molecule has 100 valence electrons. The van der Waals surface area contributed by atoms with Crippen molar-refractivity contribution in [2.45, 2.75) is 25.7 Å². The Morgan fingerprint density at radius 1 is 1.47 bits per heavy atom. The number of anilines is 2. The van der Waals surface area contributed by atoms with E-state index in [4.69, 9.17) is 11.5 Å². The van der Waals surface area contributed by atoms with E-state index in [1.807, 2.05) is 7.05 Å². The predicted octanol–water partition coefficient (Wildman–Crippen LogP) is 1.61. The number of fused-ring (bicyclic) bond motifs is 2. The molecule has 0 aromatic carbocycles. The molecule has 1 fully saturated rings. The van der Waals surface area contributed by atoms with Crippen molar-refractivity contribution in [3.63, 3.8) is 0 Å². The van der Waals surface area contributed by atoms with Crippen LogP contribution in [0.2, 0.25) is 0 Å². The average molecular weight is 257 g/mol. The van der Waals surface area contributed by atoms with Crippen LogP contribution >= 0.6 is 0 Å². The molecule has 3 aliphatic rings. The first-order chi connectivity index (χ1) is 9.13. The highest BCUT2D eigenvalue weighted by Gasteiger charge is 2.41. The van der Waals surface area contributed by atoms with Crippen molar-refractivity contribution in [2.24, 2.45) is 16.3 Å². The lowest BCUT2D eigenvalue weighted by atomic mass is 9.61. The first-order valence-electron chi connectivity index (χ1n) is 6.65. The van der Waals surface area contributed by atoms with E-state index in [1.165, 1.54) is 12.1 Å². The number of nitrogens with two attached hydrogens (primary N) is 2. The molecule has 2 bridgehead atoms. The van der Waals surface area contributed by atoms with Gasteiger partial charge in [-0.25, -0.2) is 4.98 Å². The Morgan fingerprint density at radius 2 is 2.32 bits per heavy atom. The molecule has 1 saturated carbocycles. The minimum atomic E-state index is 0.0110. The third kappa shape index (κ3) is 1.99. The summed E-state index contributed by atoms with van der Waals surface area (Å²) in [5.41, 5.74) is 13.8. The summed E-state index contributed by atoms with van der Waals surface area (Å²) in [5, 5.41) is 0. The fourth-order valence-electron chi connectivity index (χ4n) is 3.28. The molecule has 2 unspecified atom stereocenters. The Balaban J connectivity index is 1.96. The van der Waals surface area contributed by atoms with Crippen molar-refractivity contribution in [1.29, 1.82) is 0 Å². The van der Waals surface area contributed by atoms with Crippen molar-refractivity contribution >= 4 is 17.5 Å². The van der Waals surface area contributed by atoms with Gasteiger partial charge in [0.2, 0.25) is 5.95 Å². The molecule has 2 atom stereocenters. The number of allylic oxidation sites excluding steroid dienone is 2. The van der Waals surface area contributed by atoms with E-state index in [-0.39, 0.29) is 11.4 Å². The van der Waals surface area contributed by atoms with Gasteiger partial charge in [-0.05, 0) is 31.6 Å². The van der Waals surface area contributed by atoms with Crippen LogP contribution in [0.15, 0.2) is 23.3 Å². The largest absolute Gasteiger partial charge is 0.383 e. The van der Waals surface area contributed by atoms with Crippen LogP contribution in [0.5, 0.6) is 0 Å². The van der Waals surface area contributed by atoms with Crippen molar-refractivity contribution < 1.29 is 0 Å². The molecule has 0 aliphatic heterocycles. The molecule has 0 radical (unpaired) electrons. The molecule has 0 saturated heterocycles. The lowest BCUT2D eigenvalue weighted by Gasteiger charge is -2.43. The van der Waals surface area contributed by atoms with Gasteiger partial charge in [-0.15, -0.1) is 0 Å². The van der Waals surface area contributed by atoms with E-state index in [2.05, 4.69) is 27.1 Å². The predicted molar refractivity (Wildman–Crippen MR) is 76.8 cm³/mol. The highest BCUT2D eigenvalue weighted by atomic mass is 15.0. The Kier molecular flexibility index (Phi) is 2.77. The summed E-state index contributed by atoms with van der Waals surface area (Å²) in [6, 6.07) is 0. The van der Waals surface area contributed by atoms with Crippen LogP contribution < -0.4 is 11.5 Å². The van der Waals surface area contributed by atoms with Gasteiger partial charge < -0.3 is 11.5 Å². The fraction of sp³-hybridized carbons (Fsp3) is 0.500. The Morgan fingerprint density at radius 3 is 2.95 bits per heavy atom. The zero-order valence-corrected chi connectivity index (χ0v) is 11.1. The number of rotatable bonds is 2. The van der Waals surface area contributed by atoms with Crippen LogP contribution in [0.25, 0.3) is 0 Å². The zero-order chi connectivity index (χ0) is 13.5. The Labute approximate surface area is 112 Å². The van der Waals surface area contributed by atoms with Crippen molar-refractivity contribution in [2.75, 3.05) is 18.5 Å². The van der Waals surface area contributed by atoms with Gasteiger partial charge in [0.25, 0.3) is 0 Å². The molecule has 5 heteroatoms. The second-order valence-corrected chi connectivity index (χ2v) is 5.50.